The van der Waals surface area contributed by atoms with E-state index in [0.29, 0.717) is 17.7 Å². The van der Waals surface area contributed by atoms with Gasteiger partial charge in [-0.15, -0.1) is 0 Å². The summed E-state index contributed by atoms with van der Waals surface area (Å²) >= 11 is 3.28. The molecule has 0 aromatic heterocycles. The highest BCUT2D eigenvalue weighted by Crippen LogP contribution is 2.34. The molecule has 0 aliphatic carbocycles. The van der Waals surface area contributed by atoms with Gasteiger partial charge in [-0.05, 0) is 12.1 Å². The first-order valence-corrected chi connectivity index (χ1v) is 5.07. The van der Waals surface area contributed by atoms with Crippen LogP contribution in [0.2, 0.25) is 0 Å². The van der Waals surface area contributed by atoms with Gasteiger partial charge >= 0.3 is 0 Å². The molecule has 0 spiro atoms. The largest absolute Gasteiger partial charge is 0.483 e. The molecule has 1 aromatic rings. The molecular weight excluding hydrogens is 239 g/mol. The van der Waals surface area contributed by atoms with Gasteiger partial charge in [-0.25, -0.2) is 4.39 Å². The van der Waals surface area contributed by atoms with Crippen molar-refractivity contribution in [2.75, 3.05) is 11.9 Å². The molecule has 0 amide bonds. The Morgan fingerprint density at radius 1 is 1.54 bits per heavy atom. The topological polar surface area (TPSA) is 18.5 Å². The molecule has 0 radical (unpaired) electrons. The van der Waals surface area contributed by atoms with Gasteiger partial charge in [0.25, 0.3) is 0 Å². The Hall–Kier alpha value is -0.770. The Balaban J connectivity index is 2.31. The van der Waals surface area contributed by atoms with Crippen LogP contribution in [-0.4, -0.2) is 18.0 Å². The third kappa shape index (κ3) is 1.63. The minimum absolute atomic E-state index is 0.0331. The zero-order chi connectivity index (χ0) is 9.26. The predicted molar refractivity (Wildman–Crippen MR) is 50.1 cm³/mol. The maximum Gasteiger partial charge on any atom is 0.197 e. The monoisotopic (exact) mass is 246 g/mol. The van der Waals surface area contributed by atoms with Crippen LogP contribution in [0.3, 0.4) is 0 Å². The minimum Gasteiger partial charge on any atom is -0.483 e. The second-order valence-electron chi connectivity index (χ2n) is 2.77. The third-order valence-electron chi connectivity index (χ3n) is 1.81. The molecule has 70 valence electrons. The van der Waals surface area contributed by atoms with Crippen LogP contribution in [0.4, 0.5) is 4.39 Å². The molecule has 0 saturated carbocycles. The number of halogens is 2. The van der Waals surface area contributed by atoms with E-state index in [1.54, 1.807) is 12.1 Å². The Labute approximate surface area is 83.8 Å². The zero-order valence-corrected chi connectivity index (χ0v) is 8.38. The highest BCUT2D eigenvalue weighted by Gasteiger charge is 2.22. The summed E-state index contributed by atoms with van der Waals surface area (Å²) in [6.07, 6.45) is -0.0331. The van der Waals surface area contributed by atoms with Crippen LogP contribution >= 0.6 is 15.9 Å². The van der Waals surface area contributed by atoms with E-state index in [2.05, 4.69) is 15.9 Å². The van der Waals surface area contributed by atoms with Crippen LogP contribution in [0.15, 0.2) is 18.2 Å². The minimum atomic E-state index is -0.370. The second kappa shape index (κ2) is 3.54. The smallest absolute Gasteiger partial charge is 0.197 e. The zero-order valence-electron chi connectivity index (χ0n) is 6.80. The molecule has 2 rings (SSSR count). The van der Waals surface area contributed by atoms with Crippen LogP contribution in [0.5, 0.6) is 11.5 Å². The maximum absolute atomic E-state index is 13.1. The van der Waals surface area contributed by atoms with Gasteiger partial charge in [-0.3, -0.25) is 0 Å². The Morgan fingerprint density at radius 3 is 3.15 bits per heavy atom. The highest BCUT2D eigenvalue weighted by molar-refractivity contribution is 9.09. The number of benzene rings is 1. The van der Waals surface area contributed by atoms with Gasteiger partial charge in [0.1, 0.15) is 12.7 Å². The molecule has 0 fully saturated rings. The number of rotatable bonds is 1. The predicted octanol–water partition coefficient (Wildman–Crippen LogP) is 2.36. The first-order chi connectivity index (χ1) is 6.31. The van der Waals surface area contributed by atoms with Gasteiger partial charge in [0.2, 0.25) is 0 Å². The van der Waals surface area contributed by atoms with Crippen molar-refractivity contribution in [2.45, 2.75) is 6.10 Å². The average molecular weight is 247 g/mol. The van der Waals surface area contributed by atoms with E-state index in [1.807, 2.05) is 0 Å². The second-order valence-corrected chi connectivity index (χ2v) is 3.42. The van der Waals surface area contributed by atoms with E-state index < -0.39 is 0 Å². The molecule has 0 N–H and O–H groups in total. The van der Waals surface area contributed by atoms with Gasteiger partial charge < -0.3 is 9.47 Å². The first kappa shape index (κ1) is 8.81. The molecule has 0 unspecified atom stereocenters. The van der Waals surface area contributed by atoms with E-state index in [9.17, 15) is 4.39 Å². The summed E-state index contributed by atoms with van der Waals surface area (Å²) in [5.74, 6) is 0.334. The molecule has 1 aliphatic heterocycles. The maximum atomic E-state index is 13.1. The van der Waals surface area contributed by atoms with Crippen LogP contribution < -0.4 is 9.47 Å². The first-order valence-electron chi connectivity index (χ1n) is 3.95. The molecular formula is C9H8BrFO2. The van der Waals surface area contributed by atoms with Crippen LogP contribution in [-0.2, 0) is 0 Å². The van der Waals surface area contributed by atoms with Crippen molar-refractivity contribution < 1.29 is 13.9 Å². The van der Waals surface area contributed by atoms with E-state index in [4.69, 9.17) is 9.47 Å². The summed E-state index contributed by atoms with van der Waals surface area (Å²) in [5.41, 5.74) is 0. The fraction of sp³-hybridized carbons (Fsp3) is 0.333. The van der Waals surface area contributed by atoms with Crippen LogP contribution in [0.25, 0.3) is 0 Å². The van der Waals surface area contributed by atoms with Gasteiger partial charge in [0.05, 0.1) is 0 Å². The average Bonchev–Trinajstić information content (AvgIpc) is 2.18. The molecule has 0 bridgehead atoms. The normalized spacial score (nSPS) is 20.0. The van der Waals surface area contributed by atoms with Gasteiger partial charge in [0.15, 0.2) is 17.3 Å². The lowest BCUT2D eigenvalue weighted by Gasteiger charge is -2.25. The van der Waals surface area contributed by atoms with E-state index in [-0.39, 0.29) is 17.7 Å². The Bertz CT molecular complexity index is 316. The lowest BCUT2D eigenvalue weighted by atomic mass is 10.2. The summed E-state index contributed by atoms with van der Waals surface area (Å²) in [6.45, 7) is 0.388. The van der Waals surface area contributed by atoms with Gasteiger partial charge in [-0.2, -0.15) is 0 Å². The molecule has 1 atom stereocenters. The number of para-hydroxylation sites is 1. The SMILES string of the molecule is Fc1cccc2c1OC[C@@H](CBr)O2. The number of alkyl halides is 1. The summed E-state index contributed by atoms with van der Waals surface area (Å²) in [4.78, 5) is 0. The van der Waals surface area contributed by atoms with Crippen molar-refractivity contribution in [1.82, 2.24) is 0 Å². The Kier molecular flexibility index (Phi) is 2.40. The molecule has 1 aromatic carbocycles. The molecule has 13 heavy (non-hydrogen) atoms. The summed E-state index contributed by atoms with van der Waals surface area (Å²) in [6, 6.07) is 4.66. The number of hydrogen-bond acceptors (Lipinski definition) is 2. The molecule has 2 nitrogen and oxygen atoms in total. The molecule has 0 saturated heterocycles. The lowest BCUT2D eigenvalue weighted by molar-refractivity contribution is 0.103. The standard InChI is InChI=1S/C9H8BrFO2/c10-4-6-5-12-9-7(11)2-1-3-8(9)13-6/h1-3,6H,4-5H2/t6-/m1/s1. The van der Waals surface area contributed by atoms with Crippen molar-refractivity contribution in [1.29, 1.82) is 0 Å². The Morgan fingerprint density at radius 2 is 2.38 bits per heavy atom. The van der Waals surface area contributed by atoms with Crippen molar-refractivity contribution in [3.8, 4) is 11.5 Å². The lowest BCUT2D eigenvalue weighted by Crippen LogP contribution is -2.30. The molecule has 1 aliphatic rings. The number of fused-ring (bicyclic) bond motifs is 1. The van der Waals surface area contributed by atoms with Crippen molar-refractivity contribution in [2.24, 2.45) is 0 Å². The van der Waals surface area contributed by atoms with Gasteiger partial charge in [0, 0.05) is 5.33 Å². The van der Waals surface area contributed by atoms with E-state index in [0.717, 1.165) is 0 Å². The number of ether oxygens (including phenoxy) is 2. The molecule has 4 heteroatoms. The van der Waals surface area contributed by atoms with Gasteiger partial charge in [-0.1, -0.05) is 22.0 Å². The fourth-order valence-corrected chi connectivity index (χ4v) is 1.51. The molecule has 1 heterocycles. The van der Waals surface area contributed by atoms with Crippen molar-refractivity contribution in [3.05, 3.63) is 24.0 Å². The van der Waals surface area contributed by atoms with Crippen molar-refractivity contribution >= 4 is 15.9 Å². The van der Waals surface area contributed by atoms with E-state index in [1.165, 1.54) is 6.07 Å². The van der Waals surface area contributed by atoms with Crippen LogP contribution in [0.1, 0.15) is 0 Å². The summed E-state index contributed by atoms with van der Waals surface area (Å²) in [7, 11) is 0. The quantitative estimate of drug-likeness (QED) is 0.709. The van der Waals surface area contributed by atoms with Crippen LogP contribution in [0, 0.1) is 5.82 Å². The number of hydrogen-bond donors (Lipinski definition) is 0. The summed E-state index contributed by atoms with van der Waals surface area (Å²) < 4.78 is 23.8. The van der Waals surface area contributed by atoms with Crippen molar-refractivity contribution in [3.63, 3.8) is 0 Å². The highest BCUT2D eigenvalue weighted by atomic mass is 79.9. The summed E-state index contributed by atoms with van der Waals surface area (Å²) in [5, 5.41) is 0.683. The third-order valence-corrected chi connectivity index (χ3v) is 2.53. The fourth-order valence-electron chi connectivity index (χ4n) is 1.19. The van der Waals surface area contributed by atoms with E-state index >= 15 is 0 Å².